The van der Waals surface area contributed by atoms with Crippen molar-refractivity contribution in [3.05, 3.63) is 12.2 Å². The molecule has 0 aromatic carbocycles. The summed E-state index contributed by atoms with van der Waals surface area (Å²) in [5.41, 5.74) is 0. The molecule has 2 N–H and O–H groups in total. The van der Waals surface area contributed by atoms with Gasteiger partial charge in [0.05, 0.1) is 0 Å². The van der Waals surface area contributed by atoms with Gasteiger partial charge in [-0.15, -0.1) is 0 Å². The van der Waals surface area contributed by atoms with Crippen LogP contribution < -0.4 is 5.14 Å². The van der Waals surface area contributed by atoms with Crippen LogP contribution in [0.4, 0.5) is 0 Å². The molecule has 0 unspecified atom stereocenters. The van der Waals surface area contributed by atoms with Gasteiger partial charge < -0.3 is 4.55 Å². The van der Waals surface area contributed by atoms with Crippen molar-refractivity contribution in [2.45, 2.75) is 32.4 Å². The fraction of sp³-hybridized carbons (Fsp3) is 0.750. The van der Waals surface area contributed by atoms with Crippen LogP contribution in [0.15, 0.2) is 12.2 Å². The molecule has 0 fully saturated rings. The van der Waals surface area contributed by atoms with E-state index in [0.717, 1.165) is 0 Å². The molecule has 0 spiro atoms. The van der Waals surface area contributed by atoms with Crippen LogP contribution in [-0.2, 0) is 11.4 Å². The van der Waals surface area contributed by atoms with Crippen LogP contribution in [0.5, 0.6) is 0 Å². The Morgan fingerprint density at radius 1 is 1.45 bits per heavy atom. The summed E-state index contributed by atoms with van der Waals surface area (Å²) in [6, 6.07) is 0. The largest absolute Gasteiger partial charge is 0.598 e. The van der Waals surface area contributed by atoms with E-state index in [-0.39, 0.29) is 0 Å². The normalized spacial score (nSPS) is 16.3. The molecular weight excluding hydrogens is 158 g/mol. The van der Waals surface area contributed by atoms with Crippen molar-refractivity contribution < 1.29 is 4.55 Å². The monoisotopic (exact) mass is 175 g/mol. The third kappa shape index (κ3) is 4.45. The molecule has 0 aromatic heterocycles. The number of hydrogen-bond acceptors (Lipinski definition) is 2. The van der Waals surface area contributed by atoms with Crippen molar-refractivity contribution in [2.24, 2.45) is 11.1 Å². The molecule has 0 saturated carbocycles. The summed E-state index contributed by atoms with van der Waals surface area (Å²) in [5, 5.41) is 5.28. The first-order valence-corrected chi connectivity index (χ1v) is 4.93. The summed E-state index contributed by atoms with van der Waals surface area (Å²) in [4.78, 5) is 0. The zero-order chi connectivity index (χ0) is 9.07. The highest BCUT2D eigenvalue weighted by molar-refractivity contribution is 7.90. The summed E-state index contributed by atoms with van der Waals surface area (Å²) >= 11 is -1.28. The van der Waals surface area contributed by atoms with Gasteiger partial charge in [-0.1, -0.05) is 19.9 Å². The Morgan fingerprint density at radius 2 is 1.91 bits per heavy atom. The molecule has 0 amide bonds. The maximum absolute atomic E-state index is 10.9. The summed E-state index contributed by atoms with van der Waals surface area (Å²) in [6.45, 7) is 7.88. The topological polar surface area (TPSA) is 49.1 Å². The predicted molar refractivity (Wildman–Crippen MR) is 50.4 cm³/mol. The molecule has 0 aliphatic heterocycles. The van der Waals surface area contributed by atoms with Gasteiger partial charge >= 0.3 is 0 Å². The molecule has 0 aliphatic carbocycles. The van der Waals surface area contributed by atoms with Gasteiger partial charge in [-0.3, -0.25) is 0 Å². The highest BCUT2D eigenvalue weighted by atomic mass is 32.2. The highest BCUT2D eigenvalue weighted by Gasteiger charge is 2.25. The SMILES string of the molecule is CC(C)/C=C/C(C)(C)[S@+](N)[O-]. The Hall–Kier alpha value is 0.01000. The first-order chi connectivity index (χ1) is 4.86. The van der Waals surface area contributed by atoms with Crippen LogP contribution in [0.3, 0.4) is 0 Å². The lowest BCUT2D eigenvalue weighted by Crippen LogP contribution is -2.35. The third-order valence-corrected chi connectivity index (χ3v) is 2.57. The highest BCUT2D eigenvalue weighted by Crippen LogP contribution is 2.15. The van der Waals surface area contributed by atoms with E-state index in [0.29, 0.717) is 5.92 Å². The van der Waals surface area contributed by atoms with E-state index in [1.54, 1.807) is 0 Å². The molecule has 0 saturated heterocycles. The van der Waals surface area contributed by atoms with E-state index < -0.39 is 16.1 Å². The Kier molecular flexibility index (Phi) is 4.14. The fourth-order valence-electron chi connectivity index (χ4n) is 0.491. The Balaban J connectivity index is 4.11. The second-order valence-electron chi connectivity index (χ2n) is 3.50. The van der Waals surface area contributed by atoms with Crippen LogP contribution in [0.25, 0.3) is 0 Å². The maximum atomic E-state index is 10.9. The molecule has 66 valence electrons. The van der Waals surface area contributed by atoms with E-state index >= 15 is 0 Å². The van der Waals surface area contributed by atoms with Crippen LogP contribution >= 0.6 is 0 Å². The van der Waals surface area contributed by atoms with E-state index in [1.807, 2.05) is 26.0 Å². The summed E-state index contributed by atoms with van der Waals surface area (Å²) < 4.78 is 10.5. The van der Waals surface area contributed by atoms with E-state index in [9.17, 15) is 4.55 Å². The van der Waals surface area contributed by atoms with Crippen molar-refractivity contribution in [3.63, 3.8) is 0 Å². The lowest BCUT2D eigenvalue weighted by molar-refractivity contribution is 0.572. The molecular formula is C8H17NOS. The van der Waals surface area contributed by atoms with Crippen molar-refractivity contribution >= 4 is 11.4 Å². The first-order valence-electron chi connectivity index (χ1n) is 3.72. The molecule has 11 heavy (non-hydrogen) atoms. The smallest absolute Gasteiger partial charge is 0.157 e. The Bertz CT molecular complexity index is 141. The van der Waals surface area contributed by atoms with Gasteiger partial charge in [0.1, 0.15) is 0 Å². The van der Waals surface area contributed by atoms with E-state index in [2.05, 4.69) is 13.8 Å². The Labute approximate surface area is 72.2 Å². The second kappa shape index (κ2) is 4.14. The molecule has 0 radical (unpaired) electrons. The molecule has 0 rings (SSSR count). The molecule has 2 nitrogen and oxygen atoms in total. The van der Waals surface area contributed by atoms with Gasteiger partial charge in [0.25, 0.3) is 0 Å². The van der Waals surface area contributed by atoms with Crippen molar-refractivity contribution in [1.29, 1.82) is 0 Å². The van der Waals surface area contributed by atoms with Gasteiger partial charge in [0, 0.05) is 11.4 Å². The van der Waals surface area contributed by atoms with Crippen molar-refractivity contribution in [1.82, 2.24) is 0 Å². The van der Waals surface area contributed by atoms with Crippen LogP contribution in [0, 0.1) is 5.92 Å². The van der Waals surface area contributed by atoms with E-state index in [1.165, 1.54) is 0 Å². The predicted octanol–water partition coefficient (Wildman–Crippen LogP) is 1.60. The van der Waals surface area contributed by atoms with Crippen LogP contribution in [-0.4, -0.2) is 9.30 Å². The minimum atomic E-state index is -1.28. The van der Waals surface area contributed by atoms with Gasteiger partial charge in [0.2, 0.25) is 0 Å². The standard InChI is InChI=1S/C8H17NOS/c1-7(2)5-6-8(3,4)11(9)10/h5-7H,9H2,1-4H3/b6-5+/t11-/m1/s1. The van der Waals surface area contributed by atoms with Crippen LogP contribution in [0.2, 0.25) is 0 Å². The molecule has 3 heteroatoms. The number of allylic oxidation sites excluding steroid dienone is 1. The summed E-state index contributed by atoms with van der Waals surface area (Å²) in [5.74, 6) is 0.484. The Morgan fingerprint density at radius 3 is 2.18 bits per heavy atom. The quantitative estimate of drug-likeness (QED) is 0.523. The van der Waals surface area contributed by atoms with Gasteiger partial charge in [-0.25, -0.2) is 0 Å². The van der Waals surface area contributed by atoms with Gasteiger partial charge in [-0.2, -0.15) is 5.14 Å². The number of hydrogen-bond donors (Lipinski definition) is 1. The molecule has 0 aromatic rings. The van der Waals surface area contributed by atoms with E-state index in [4.69, 9.17) is 5.14 Å². The van der Waals surface area contributed by atoms with Gasteiger partial charge in [-0.05, 0) is 25.8 Å². The summed E-state index contributed by atoms with van der Waals surface area (Å²) in [6.07, 6.45) is 3.93. The first kappa shape index (κ1) is 11.0. The zero-order valence-electron chi connectivity index (χ0n) is 7.63. The lowest BCUT2D eigenvalue weighted by atomic mass is 10.1. The maximum Gasteiger partial charge on any atom is 0.157 e. The van der Waals surface area contributed by atoms with Crippen molar-refractivity contribution in [2.75, 3.05) is 0 Å². The average Bonchev–Trinajstić information content (AvgIpc) is 1.84. The fourth-order valence-corrected chi connectivity index (χ4v) is 0.704. The third-order valence-electron chi connectivity index (χ3n) is 1.40. The summed E-state index contributed by atoms with van der Waals surface area (Å²) in [7, 11) is 0. The molecule has 0 bridgehead atoms. The number of nitrogens with two attached hydrogens (primary N) is 1. The minimum absolute atomic E-state index is 0.399. The average molecular weight is 175 g/mol. The lowest BCUT2D eigenvalue weighted by Gasteiger charge is -2.20. The zero-order valence-corrected chi connectivity index (χ0v) is 8.44. The minimum Gasteiger partial charge on any atom is -0.598 e. The molecule has 0 aliphatic rings. The molecule has 0 heterocycles. The van der Waals surface area contributed by atoms with Gasteiger partial charge in [0.15, 0.2) is 4.75 Å². The van der Waals surface area contributed by atoms with Crippen molar-refractivity contribution in [3.8, 4) is 0 Å². The van der Waals surface area contributed by atoms with Crippen LogP contribution in [0.1, 0.15) is 27.7 Å². The number of rotatable bonds is 3. The second-order valence-corrected chi connectivity index (χ2v) is 5.15. The molecule has 1 atom stereocenters.